The van der Waals surface area contributed by atoms with Crippen LogP contribution in [0.1, 0.15) is 28.9 Å². The molecule has 0 atom stereocenters. The molecule has 2 amide bonds. The molecule has 3 aromatic rings. The average Bonchev–Trinajstić information content (AvgIpc) is 3.72. The minimum Gasteiger partial charge on any atom is -0.491 e. The number of fused-ring (bicyclic) bond motifs is 1. The third-order valence-electron chi connectivity index (χ3n) is 7.17. The monoisotopic (exact) mass is 501 g/mol. The van der Waals surface area contributed by atoms with Crippen molar-refractivity contribution in [3.8, 4) is 17.0 Å². The normalized spacial score (nSPS) is 17.5. The molecule has 1 aromatic carbocycles. The van der Waals surface area contributed by atoms with E-state index in [9.17, 15) is 9.59 Å². The first-order chi connectivity index (χ1) is 18.1. The minimum absolute atomic E-state index is 0.00404. The topological polar surface area (TPSA) is 118 Å². The highest BCUT2D eigenvalue weighted by atomic mass is 16.5. The lowest BCUT2D eigenvalue weighted by Crippen LogP contribution is -2.53. The number of piperazine rings is 1. The van der Waals surface area contributed by atoms with Crippen LogP contribution in [0.4, 0.5) is 16.2 Å². The van der Waals surface area contributed by atoms with Crippen LogP contribution >= 0.6 is 0 Å². The molecule has 0 spiro atoms. The maximum absolute atomic E-state index is 13.6. The molecule has 4 N–H and O–H groups in total. The molecule has 2 aromatic heterocycles. The Bertz CT molecular complexity index is 1310. The molecule has 2 aliphatic heterocycles. The number of amides is 2. The van der Waals surface area contributed by atoms with Gasteiger partial charge in [-0.2, -0.15) is 0 Å². The summed E-state index contributed by atoms with van der Waals surface area (Å²) in [5, 5.41) is 6.70. The molecule has 4 heterocycles. The summed E-state index contributed by atoms with van der Waals surface area (Å²) in [5.74, 6) is 7.78. The van der Waals surface area contributed by atoms with E-state index >= 15 is 0 Å². The fourth-order valence-corrected chi connectivity index (χ4v) is 5.01. The first kappa shape index (κ1) is 23.4. The molecule has 0 bridgehead atoms. The molecule has 192 valence electrons. The summed E-state index contributed by atoms with van der Waals surface area (Å²) in [6.07, 6.45) is 5.73. The van der Waals surface area contributed by atoms with E-state index in [1.807, 2.05) is 36.4 Å². The van der Waals surface area contributed by atoms with Crippen LogP contribution in [0.2, 0.25) is 0 Å². The van der Waals surface area contributed by atoms with Gasteiger partial charge in [0, 0.05) is 43.6 Å². The zero-order chi connectivity index (χ0) is 25.4. The summed E-state index contributed by atoms with van der Waals surface area (Å²) in [4.78, 5) is 34.5. The second-order valence-electron chi connectivity index (χ2n) is 9.83. The third-order valence-corrected chi connectivity index (χ3v) is 7.17. The van der Waals surface area contributed by atoms with Gasteiger partial charge in [-0.1, -0.05) is 18.2 Å². The Morgan fingerprint density at radius 3 is 2.65 bits per heavy atom. The van der Waals surface area contributed by atoms with E-state index < -0.39 is 0 Å². The van der Waals surface area contributed by atoms with Crippen molar-refractivity contribution in [2.45, 2.75) is 19.4 Å². The average molecular weight is 502 g/mol. The van der Waals surface area contributed by atoms with Crippen LogP contribution in [0.5, 0.6) is 5.75 Å². The van der Waals surface area contributed by atoms with Crippen LogP contribution in [-0.4, -0.2) is 70.6 Å². The van der Waals surface area contributed by atoms with Crippen LogP contribution in [-0.2, 0) is 6.54 Å². The molecular weight excluding hydrogens is 470 g/mol. The van der Waals surface area contributed by atoms with Crippen molar-refractivity contribution in [2.24, 2.45) is 5.92 Å². The van der Waals surface area contributed by atoms with Crippen LogP contribution in [0, 0.1) is 5.92 Å². The molecule has 1 saturated carbocycles. The molecular formula is C27H31N7O3. The highest BCUT2D eigenvalue weighted by molar-refractivity contribution is 6.10. The summed E-state index contributed by atoms with van der Waals surface area (Å²) in [7, 11) is 0. The quantitative estimate of drug-likeness (QED) is 0.445. The van der Waals surface area contributed by atoms with Gasteiger partial charge in [0.05, 0.1) is 48.5 Å². The van der Waals surface area contributed by atoms with Crippen molar-refractivity contribution >= 4 is 23.2 Å². The SMILES string of the molecule is Nn1c2c(c(Nc3ccccc3)c1-c1ccncc1OCC1CC1)C(=O)CN(C(=O)N1CCNCC1)C2. The number of urea groups is 1. The highest BCUT2D eigenvalue weighted by Crippen LogP contribution is 2.43. The lowest BCUT2D eigenvalue weighted by atomic mass is 10.0. The molecule has 2 fully saturated rings. The Morgan fingerprint density at radius 2 is 1.89 bits per heavy atom. The number of nitrogen functional groups attached to an aromatic ring is 1. The van der Waals surface area contributed by atoms with E-state index in [0.29, 0.717) is 54.0 Å². The molecule has 37 heavy (non-hydrogen) atoms. The summed E-state index contributed by atoms with van der Waals surface area (Å²) in [6.45, 7) is 3.59. The van der Waals surface area contributed by atoms with Gasteiger partial charge in [0.1, 0.15) is 5.75 Å². The Hall–Kier alpha value is -4.05. The van der Waals surface area contributed by atoms with Crippen LogP contribution in [0.3, 0.4) is 0 Å². The van der Waals surface area contributed by atoms with E-state index in [1.165, 1.54) is 17.5 Å². The van der Waals surface area contributed by atoms with E-state index in [2.05, 4.69) is 15.6 Å². The summed E-state index contributed by atoms with van der Waals surface area (Å²) in [6, 6.07) is 11.4. The van der Waals surface area contributed by atoms with Gasteiger partial charge in [0.2, 0.25) is 0 Å². The van der Waals surface area contributed by atoms with Crippen LogP contribution < -0.4 is 21.2 Å². The number of para-hydroxylation sites is 1. The number of carbonyl (C=O) groups is 2. The number of rotatable bonds is 6. The fraction of sp³-hybridized carbons (Fsp3) is 0.370. The van der Waals surface area contributed by atoms with Crippen molar-refractivity contribution < 1.29 is 14.3 Å². The Morgan fingerprint density at radius 1 is 1.11 bits per heavy atom. The van der Waals surface area contributed by atoms with Gasteiger partial charge in [-0.3, -0.25) is 14.5 Å². The van der Waals surface area contributed by atoms with Gasteiger partial charge in [0.25, 0.3) is 0 Å². The highest BCUT2D eigenvalue weighted by Gasteiger charge is 2.37. The van der Waals surface area contributed by atoms with Crippen LogP contribution in [0.25, 0.3) is 11.3 Å². The molecule has 10 nitrogen and oxygen atoms in total. The van der Waals surface area contributed by atoms with Crippen molar-refractivity contribution in [1.29, 1.82) is 0 Å². The lowest BCUT2D eigenvalue weighted by Gasteiger charge is -2.34. The molecule has 10 heteroatoms. The maximum Gasteiger partial charge on any atom is 0.320 e. The van der Waals surface area contributed by atoms with Crippen molar-refractivity contribution in [1.82, 2.24) is 24.8 Å². The summed E-state index contributed by atoms with van der Waals surface area (Å²) >= 11 is 0. The zero-order valence-electron chi connectivity index (χ0n) is 20.7. The van der Waals surface area contributed by atoms with E-state index in [-0.39, 0.29) is 24.9 Å². The zero-order valence-corrected chi connectivity index (χ0v) is 20.7. The van der Waals surface area contributed by atoms with Gasteiger partial charge >= 0.3 is 6.03 Å². The second kappa shape index (κ2) is 9.78. The Labute approximate surface area is 215 Å². The largest absolute Gasteiger partial charge is 0.491 e. The van der Waals surface area contributed by atoms with Crippen molar-refractivity contribution in [3.05, 3.63) is 60.0 Å². The Kier molecular flexibility index (Phi) is 6.17. The van der Waals surface area contributed by atoms with E-state index in [4.69, 9.17) is 10.6 Å². The summed E-state index contributed by atoms with van der Waals surface area (Å²) < 4.78 is 7.69. The number of hydrogen-bond donors (Lipinski definition) is 3. The van der Waals surface area contributed by atoms with Gasteiger partial charge in [-0.15, -0.1) is 0 Å². The number of ketones is 1. The third kappa shape index (κ3) is 4.60. The molecule has 1 aliphatic carbocycles. The number of hydrogen-bond acceptors (Lipinski definition) is 7. The smallest absolute Gasteiger partial charge is 0.320 e. The van der Waals surface area contributed by atoms with Gasteiger partial charge in [-0.25, -0.2) is 4.79 Å². The number of Topliss-reactive ketones (excluding diaryl/α,β-unsaturated/α-hetero) is 1. The standard InChI is InChI=1S/C27H31N7O3/c28-34-21-15-33(27(36)32-12-10-29-11-13-32)16-22(35)24(21)25(31-19-4-2-1-3-5-19)26(34)20-8-9-30-14-23(20)37-17-18-6-7-18/h1-5,8-9,14,18,29,31H,6-7,10-13,15-17,28H2. The number of benzene rings is 1. The number of carbonyl (C=O) groups excluding carboxylic acids is 2. The number of ether oxygens (including phenoxy) is 1. The molecule has 1 saturated heterocycles. The minimum atomic E-state index is -0.150. The molecule has 3 aliphatic rings. The second-order valence-corrected chi connectivity index (χ2v) is 9.83. The summed E-state index contributed by atoms with van der Waals surface area (Å²) in [5.41, 5.74) is 3.93. The van der Waals surface area contributed by atoms with Gasteiger partial charge in [-0.05, 0) is 37.0 Å². The number of pyridine rings is 1. The van der Waals surface area contributed by atoms with Gasteiger partial charge in [0.15, 0.2) is 5.78 Å². The first-order valence-corrected chi connectivity index (χ1v) is 12.8. The number of nitrogens with two attached hydrogens (primary N) is 1. The van der Waals surface area contributed by atoms with Crippen LogP contribution in [0.15, 0.2) is 48.8 Å². The molecule has 0 radical (unpaired) electrons. The van der Waals surface area contributed by atoms with Crippen molar-refractivity contribution in [2.75, 3.05) is 50.5 Å². The number of anilines is 2. The molecule has 0 unspecified atom stereocenters. The predicted molar refractivity (Wildman–Crippen MR) is 140 cm³/mol. The van der Waals surface area contributed by atoms with Gasteiger partial charge < -0.3 is 31.0 Å². The Balaban J connectivity index is 1.42. The predicted octanol–water partition coefficient (Wildman–Crippen LogP) is 2.82. The molecule has 6 rings (SSSR count). The first-order valence-electron chi connectivity index (χ1n) is 12.8. The van der Waals surface area contributed by atoms with Crippen molar-refractivity contribution in [3.63, 3.8) is 0 Å². The lowest BCUT2D eigenvalue weighted by molar-refractivity contribution is 0.0882. The van der Waals surface area contributed by atoms with E-state index in [1.54, 1.807) is 22.2 Å². The number of aromatic nitrogens is 2. The number of nitrogens with one attached hydrogen (secondary N) is 2. The fourth-order valence-electron chi connectivity index (χ4n) is 5.01. The maximum atomic E-state index is 13.6. The van der Waals surface area contributed by atoms with E-state index in [0.717, 1.165) is 24.3 Å². The number of nitrogens with zero attached hydrogens (tertiary/aromatic N) is 4.